The van der Waals surface area contributed by atoms with E-state index in [0.717, 1.165) is 18.3 Å². The van der Waals surface area contributed by atoms with E-state index < -0.39 is 0 Å². The van der Waals surface area contributed by atoms with Gasteiger partial charge in [0.05, 0.1) is 6.61 Å². The van der Waals surface area contributed by atoms with Gasteiger partial charge >= 0.3 is 5.97 Å². The molecule has 0 N–H and O–H groups in total. The first kappa shape index (κ1) is 19.1. The van der Waals surface area contributed by atoms with Crippen LogP contribution in [0.15, 0.2) is 65.7 Å². The van der Waals surface area contributed by atoms with Crippen LogP contribution in [-0.4, -0.2) is 35.4 Å². The van der Waals surface area contributed by atoms with Crippen LogP contribution in [0.4, 0.5) is 0 Å². The van der Waals surface area contributed by atoms with Crippen molar-refractivity contribution >= 4 is 22.9 Å². The van der Waals surface area contributed by atoms with Gasteiger partial charge in [0, 0.05) is 13.1 Å². The molecule has 25 heavy (non-hydrogen) atoms. The van der Waals surface area contributed by atoms with Crippen molar-refractivity contribution in [3.63, 3.8) is 0 Å². The molecule has 0 saturated heterocycles. The van der Waals surface area contributed by atoms with Gasteiger partial charge in [-0.25, -0.2) is 0 Å². The smallest absolute Gasteiger partial charge is 0.327 e. The molecule has 0 saturated carbocycles. The molecular weight excluding hydrogens is 332 g/mol. The Balaban J connectivity index is 2.18. The summed E-state index contributed by atoms with van der Waals surface area (Å²) in [6.07, 6.45) is 1.98. The number of nitrogens with zero attached hydrogens (tertiary/aromatic N) is 2. The molecule has 0 aliphatic rings. The monoisotopic (exact) mass is 356 g/mol. The number of hydrogen-bond acceptors (Lipinski definition) is 4. The minimum atomic E-state index is -0.298. The first-order chi connectivity index (χ1) is 12.2. The second-order valence-electron chi connectivity index (χ2n) is 5.44. The van der Waals surface area contributed by atoms with Crippen LogP contribution in [0.3, 0.4) is 0 Å². The maximum absolute atomic E-state index is 11.6. The normalized spacial score (nSPS) is 11.2. The lowest BCUT2D eigenvalue weighted by Crippen LogP contribution is -2.28. The van der Waals surface area contributed by atoms with Crippen LogP contribution in [0.25, 0.3) is 0 Å². The SMILES string of the molecule is CCOC(=O)CN=C(SC)N(Cc1ccccc1)Cc1ccccc1. The minimum absolute atomic E-state index is 0.0457. The molecule has 2 aromatic rings. The van der Waals surface area contributed by atoms with Crippen molar-refractivity contribution in [1.29, 1.82) is 0 Å². The number of thioether (sulfide) groups is 1. The van der Waals surface area contributed by atoms with Gasteiger partial charge in [0.2, 0.25) is 0 Å². The van der Waals surface area contributed by atoms with Crippen molar-refractivity contribution < 1.29 is 9.53 Å². The van der Waals surface area contributed by atoms with Crippen molar-refractivity contribution in [3.05, 3.63) is 71.8 Å². The van der Waals surface area contributed by atoms with Gasteiger partial charge in [-0.1, -0.05) is 72.4 Å². The summed E-state index contributed by atoms with van der Waals surface area (Å²) in [4.78, 5) is 18.3. The molecule has 0 amide bonds. The molecule has 0 atom stereocenters. The van der Waals surface area contributed by atoms with Gasteiger partial charge in [0.15, 0.2) is 5.17 Å². The Labute approximate surface area is 153 Å². The highest BCUT2D eigenvalue weighted by Gasteiger charge is 2.13. The predicted molar refractivity (Wildman–Crippen MR) is 105 cm³/mol. The number of amidine groups is 1. The first-order valence-corrected chi connectivity index (χ1v) is 9.52. The Bertz CT molecular complexity index is 633. The molecule has 0 aliphatic heterocycles. The Morgan fingerprint density at radius 3 is 1.96 bits per heavy atom. The van der Waals surface area contributed by atoms with E-state index in [4.69, 9.17) is 4.74 Å². The summed E-state index contributed by atoms with van der Waals surface area (Å²) in [6.45, 7) is 3.69. The van der Waals surface area contributed by atoms with E-state index >= 15 is 0 Å². The molecule has 0 aromatic heterocycles. The van der Waals surface area contributed by atoms with Crippen LogP contribution >= 0.6 is 11.8 Å². The van der Waals surface area contributed by atoms with Gasteiger partial charge in [-0.05, 0) is 24.3 Å². The van der Waals surface area contributed by atoms with E-state index in [9.17, 15) is 4.79 Å². The van der Waals surface area contributed by atoms with Gasteiger partial charge in [-0.2, -0.15) is 0 Å². The van der Waals surface area contributed by atoms with Crippen LogP contribution in [0, 0.1) is 0 Å². The summed E-state index contributed by atoms with van der Waals surface area (Å²) < 4.78 is 4.98. The van der Waals surface area contributed by atoms with E-state index in [-0.39, 0.29) is 12.5 Å². The predicted octanol–water partition coefficient (Wildman–Crippen LogP) is 3.97. The number of carbonyl (C=O) groups excluding carboxylic acids is 1. The zero-order chi connectivity index (χ0) is 17.9. The van der Waals surface area contributed by atoms with E-state index in [1.54, 1.807) is 18.7 Å². The third-order valence-corrected chi connectivity index (χ3v) is 4.29. The van der Waals surface area contributed by atoms with Crippen molar-refractivity contribution in [1.82, 2.24) is 4.90 Å². The maximum Gasteiger partial charge on any atom is 0.327 e. The van der Waals surface area contributed by atoms with Crippen molar-refractivity contribution in [2.45, 2.75) is 20.0 Å². The second kappa shape index (κ2) is 10.6. The third-order valence-electron chi connectivity index (χ3n) is 3.53. The number of aliphatic imine (C=N–C) groups is 1. The maximum atomic E-state index is 11.6. The highest BCUT2D eigenvalue weighted by molar-refractivity contribution is 8.13. The minimum Gasteiger partial charge on any atom is -0.465 e. The van der Waals surface area contributed by atoms with E-state index in [0.29, 0.717) is 6.61 Å². The Kier molecular flexibility index (Phi) is 8.05. The van der Waals surface area contributed by atoms with Gasteiger partial charge in [-0.3, -0.25) is 9.79 Å². The summed E-state index contributed by atoms with van der Waals surface area (Å²) in [5.74, 6) is -0.298. The van der Waals surface area contributed by atoms with Crippen molar-refractivity contribution in [2.75, 3.05) is 19.4 Å². The third kappa shape index (κ3) is 6.63. The molecule has 4 nitrogen and oxygen atoms in total. The molecule has 5 heteroatoms. The topological polar surface area (TPSA) is 41.9 Å². The van der Waals surface area contributed by atoms with Crippen LogP contribution in [-0.2, 0) is 22.6 Å². The number of benzene rings is 2. The molecule has 2 aromatic carbocycles. The largest absolute Gasteiger partial charge is 0.465 e. The first-order valence-electron chi connectivity index (χ1n) is 8.29. The quantitative estimate of drug-likeness (QED) is 0.428. The lowest BCUT2D eigenvalue weighted by Gasteiger charge is -2.25. The molecule has 0 unspecified atom stereocenters. The molecule has 0 spiro atoms. The van der Waals surface area contributed by atoms with Gasteiger partial charge < -0.3 is 9.64 Å². The summed E-state index contributed by atoms with van der Waals surface area (Å²) in [5, 5.41) is 0.834. The van der Waals surface area contributed by atoms with Crippen LogP contribution in [0.5, 0.6) is 0 Å². The highest BCUT2D eigenvalue weighted by atomic mass is 32.2. The summed E-state index contributed by atoms with van der Waals surface area (Å²) in [6, 6.07) is 20.5. The summed E-state index contributed by atoms with van der Waals surface area (Å²) >= 11 is 1.54. The Morgan fingerprint density at radius 1 is 1.00 bits per heavy atom. The fourth-order valence-corrected chi connectivity index (χ4v) is 3.01. The molecule has 0 radical (unpaired) electrons. The average molecular weight is 356 g/mol. The molecule has 0 aliphatic carbocycles. The molecule has 0 fully saturated rings. The number of rotatable bonds is 7. The molecule has 2 rings (SSSR count). The number of hydrogen-bond donors (Lipinski definition) is 0. The summed E-state index contributed by atoms with van der Waals surface area (Å²) in [7, 11) is 0. The molecular formula is C20H24N2O2S. The second-order valence-corrected chi connectivity index (χ2v) is 6.21. The fourth-order valence-electron chi connectivity index (χ4n) is 2.43. The Morgan fingerprint density at radius 2 is 1.52 bits per heavy atom. The lowest BCUT2D eigenvalue weighted by molar-refractivity contribution is -0.141. The van der Waals surface area contributed by atoms with E-state index in [1.165, 1.54) is 11.1 Å². The molecule has 132 valence electrons. The number of carbonyl (C=O) groups is 1. The van der Waals surface area contributed by atoms with Crippen LogP contribution < -0.4 is 0 Å². The number of esters is 1. The summed E-state index contributed by atoms with van der Waals surface area (Å²) in [5.41, 5.74) is 2.41. The van der Waals surface area contributed by atoms with Crippen molar-refractivity contribution in [3.8, 4) is 0 Å². The van der Waals surface area contributed by atoms with Gasteiger partial charge in [-0.15, -0.1) is 0 Å². The van der Waals surface area contributed by atoms with E-state index in [2.05, 4.69) is 34.2 Å². The van der Waals surface area contributed by atoms with Gasteiger partial charge in [0.25, 0.3) is 0 Å². The standard InChI is InChI=1S/C20H24N2O2S/c1-3-24-19(23)14-21-20(25-2)22(15-17-10-6-4-7-11-17)16-18-12-8-5-9-13-18/h4-13H,3,14-16H2,1-2H3. The van der Waals surface area contributed by atoms with E-state index in [1.807, 2.05) is 42.7 Å². The van der Waals surface area contributed by atoms with Crippen LogP contribution in [0.2, 0.25) is 0 Å². The molecule has 0 heterocycles. The van der Waals surface area contributed by atoms with Crippen molar-refractivity contribution in [2.24, 2.45) is 4.99 Å². The lowest BCUT2D eigenvalue weighted by atomic mass is 10.2. The number of ether oxygens (including phenoxy) is 1. The molecule has 0 bridgehead atoms. The Hall–Kier alpha value is -2.27. The average Bonchev–Trinajstić information content (AvgIpc) is 2.64. The fraction of sp³-hybridized carbons (Fsp3) is 0.300. The highest BCUT2D eigenvalue weighted by Crippen LogP contribution is 2.15. The van der Waals surface area contributed by atoms with Crippen LogP contribution in [0.1, 0.15) is 18.1 Å². The van der Waals surface area contributed by atoms with Gasteiger partial charge in [0.1, 0.15) is 6.54 Å². The zero-order valence-electron chi connectivity index (χ0n) is 14.7. The zero-order valence-corrected chi connectivity index (χ0v) is 15.5.